The molecule has 6 rings (SSSR count). The summed E-state index contributed by atoms with van der Waals surface area (Å²) in [5.41, 5.74) is 8.45. The van der Waals surface area contributed by atoms with Gasteiger partial charge in [0.15, 0.2) is 0 Å². The minimum Gasteiger partial charge on any atom is -0.308 e. The molecule has 6 aromatic rings. The molecule has 5 aromatic carbocycles. The monoisotopic (exact) mass is 473 g/mol. The standard InChI is InChI=1S/C30H20BrN/c31-27-13-7-8-14-28(27)32-29-19-23(21-9-3-1-4-10-21)15-17-25(29)26-18-16-24(20-30(26)32)22-11-5-2-6-12-22/h1-20H. The molecule has 1 heterocycles. The maximum absolute atomic E-state index is 3.80. The fraction of sp³-hybridized carbons (Fsp3) is 0. The van der Waals surface area contributed by atoms with E-state index < -0.39 is 0 Å². The van der Waals surface area contributed by atoms with Gasteiger partial charge in [-0.15, -0.1) is 0 Å². The first kappa shape index (κ1) is 19.1. The van der Waals surface area contributed by atoms with Gasteiger partial charge in [0.05, 0.1) is 16.7 Å². The van der Waals surface area contributed by atoms with E-state index in [1.54, 1.807) is 0 Å². The molecule has 0 saturated heterocycles. The van der Waals surface area contributed by atoms with E-state index in [4.69, 9.17) is 0 Å². The molecule has 0 aliphatic carbocycles. The molecule has 0 amide bonds. The predicted octanol–water partition coefficient (Wildman–Crippen LogP) is 8.88. The van der Waals surface area contributed by atoms with E-state index in [1.165, 1.54) is 44.1 Å². The van der Waals surface area contributed by atoms with E-state index in [0.717, 1.165) is 10.2 Å². The van der Waals surface area contributed by atoms with Crippen molar-refractivity contribution < 1.29 is 0 Å². The van der Waals surface area contributed by atoms with Crippen LogP contribution >= 0.6 is 15.9 Å². The zero-order chi connectivity index (χ0) is 21.5. The second-order valence-corrected chi connectivity index (χ2v) is 8.84. The van der Waals surface area contributed by atoms with Crippen molar-refractivity contribution >= 4 is 37.7 Å². The lowest BCUT2D eigenvalue weighted by molar-refractivity contribution is 1.17. The molecule has 0 aliphatic heterocycles. The van der Waals surface area contributed by atoms with Gasteiger partial charge in [0.1, 0.15) is 0 Å². The van der Waals surface area contributed by atoms with Crippen LogP contribution in [0.5, 0.6) is 0 Å². The van der Waals surface area contributed by atoms with Crippen LogP contribution in [0.2, 0.25) is 0 Å². The Morgan fingerprint density at radius 3 is 1.41 bits per heavy atom. The summed E-state index contributed by atoms with van der Waals surface area (Å²) in [5, 5.41) is 2.52. The summed E-state index contributed by atoms with van der Waals surface area (Å²) in [5.74, 6) is 0. The Balaban J connectivity index is 1.70. The average molecular weight is 474 g/mol. The van der Waals surface area contributed by atoms with Gasteiger partial charge in [0.2, 0.25) is 0 Å². The van der Waals surface area contributed by atoms with E-state index in [-0.39, 0.29) is 0 Å². The molecule has 32 heavy (non-hydrogen) atoms. The van der Waals surface area contributed by atoms with E-state index in [1.807, 2.05) is 0 Å². The minimum atomic E-state index is 1.08. The number of hydrogen-bond acceptors (Lipinski definition) is 0. The van der Waals surface area contributed by atoms with Gasteiger partial charge >= 0.3 is 0 Å². The lowest BCUT2D eigenvalue weighted by Crippen LogP contribution is -1.95. The topological polar surface area (TPSA) is 4.93 Å². The number of nitrogens with zero attached hydrogens (tertiary/aromatic N) is 1. The van der Waals surface area contributed by atoms with Crippen molar-refractivity contribution in [2.24, 2.45) is 0 Å². The summed E-state index contributed by atoms with van der Waals surface area (Å²) >= 11 is 3.80. The number of aromatic nitrogens is 1. The highest BCUT2D eigenvalue weighted by molar-refractivity contribution is 9.10. The molecule has 0 bridgehead atoms. The molecule has 0 aliphatic rings. The summed E-state index contributed by atoms with van der Waals surface area (Å²) in [4.78, 5) is 0. The quantitative estimate of drug-likeness (QED) is 0.241. The molecule has 0 fully saturated rings. The Labute approximate surface area is 195 Å². The molecule has 2 heteroatoms. The minimum absolute atomic E-state index is 1.08. The Morgan fingerprint density at radius 2 is 0.906 bits per heavy atom. The molecule has 0 saturated carbocycles. The third-order valence-electron chi connectivity index (χ3n) is 6.08. The molecule has 0 atom stereocenters. The van der Waals surface area contributed by atoms with Crippen LogP contribution in [0.1, 0.15) is 0 Å². The van der Waals surface area contributed by atoms with Crippen molar-refractivity contribution in [3.63, 3.8) is 0 Å². The Kier molecular flexibility index (Phi) is 4.66. The summed E-state index contributed by atoms with van der Waals surface area (Å²) in [7, 11) is 0. The van der Waals surface area contributed by atoms with Crippen molar-refractivity contribution in [3.05, 3.63) is 126 Å². The van der Waals surface area contributed by atoms with Gasteiger partial charge in [-0.2, -0.15) is 0 Å². The van der Waals surface area contributed by atoms with E-state index in [0.29, 0.717) is 0 Å². The first-order chi connectivity index (χ1) is 15.8. The molecule has 1 nitrogen and oxygen atoms in total. The van der Waals surface area contributed by atoms with Crippen LogP contribution in [0.4, 0.5) is 0 Å². The highest BCUT2D eigenvalue weighted by Crippen LogP contribution is 2.38. The third kappa shape index (κ3) is 3.16. The number of rotatable bonds is 3. The van der Waals surface area contributed by atoms with Gasteiger partial charge in [-0.3, -0.25) is 0 Å². The summed E-state index contributed by atoms with van der Waals surface area (Å²) in [6.07, 6.45) is 0. The number of hydrogen-bond donors (Lipinski definition) is 0. The van der Waals surface area contributed by atoms with Crippen molar-refractivity contribution in [1.29, 1.82) is 0 Å². The van der Waals surface area contributed by atoms with E-state index in [9.17, 15) is 0 Å². The first-order valence-corrected chi connectivity index (χ1v) is 11.5. The van der Waals surface area contributed by atoms with Crippen molar-refractivity contribution in [2.45, 2.75) is 0 Å². The molecule has 0 radical (unpaired) electrons. The van der Waals surface area contributed by atoms with E-state index in [2.05, 4.69) is 142 Å². The van der Waals surface area contributed by atoms with Gasteiger partial charge in [0, 0.05) is 15.2 Å². The van der Waals surface area contributed by atoms with Crippen LogP contribution < -0.4 is 0 Å². The molecule has 0 spiro atoms. The highest BCUT2D eigenvalue weighted by Gasteiger charge is 2.16. The SMILES string of the molecule is Brc1ccccc1-n1c2cc(-c3ccccc3)ccc2c2ccc(-c3ccccc3)cc21. The van der Waals surface area contributed by atoms with Gasteiger partial charge in [-0.25, -0.2) is 0 Å². The van der Waals surface area contributed by atoms with Crippen LogP contribution in [0.25, 0.3) is 49.7 Å². The first-order valence-electron chi connectivity index (χ1n) is 10.7. The lowest BCUT2D eigenvalue weighted by atomic mass is 10.0. The molecular weight excluding hydrogens is 454 g/mol. The van der Waals surface area contributed by atoms with Gasteiger partial charge in [0.25, 0.3) is 0 Å². The van der Waals surface area contributed by atoms with Crippen LogP contribution in [0.15, 0.2) is 126 Å². The Morgan fingerprint density at radius 1 is 0.438 bits per heavy atom. The summed E-state index contributed by atoms with van der Waals surface area (Å²) < 4.78 is 3.46. The largest absolute Gasteiger partial charge is 0.308 e. The fourth-order valence-electron chi connectivity index (χ4n) is 4.53. The average Bonchev–Trinajstić information content (AvgIpc) is 3.18. The lowest BCUT2D eigenvalue weighted by Gasteiger charge is -2.11. The van der Waals surface area contributed by atoms with Crippen LogP contribution in [-0.2, 0) is 0 Å². The van der Waals surface area contributed by atoms with Crippen molar-refractivity contribution in [3.8, 4) is 27.9 Å². The number of para-hydroxylation sites is 1. The highest BCUT2D eigenvalue weighted by atomic mass is 79.9. The van der Waals surface area contributed by atoms with Crippen LogP contribution in [-0.4, -0.2) is 4.57 Å². The van der Waals surface area contributed by atoms with Gasteiger partial charge in [-0.05, 0) is 62.4 Å². The Hall–Kier alpha value is -3.62. The molecule has 0 unspecified atom stereocenters. The second-order valence-electron chi connectivity index (χ2n) is 7.98. The summed E-state index contributed by atoms with van der Waals surface area (Å²) in [6.45, 7) is 0. The molecule has 0 N–H and O–H groups in total. The smallest absolute Gasteiger partial charge is 0.0604 e. The maximum Gasteiger partial charge on any atom is 0.0604 e. The van der Waals surface area contributed by atoms with Crippen LogP contribution in [0, 0.1) is 0 Å². The fourth-order valence-corrected chi connectivity index (χ4v) is 4.99. The third-order valence-corrected chi connectivity index (χ3v) is 6.75. The van der Waals surface area contributed by atoms with Crippen molar-refractivity contribution in [1.82, 2.24) is 4.57 Å². The van der Waals surface area contributed by atoms with Gasteiger partial charge in [-0.1, -0.05) is 97.1 Å². The zero-order valence-corrected chi connectivity index (χ0v) is 19.0. The zero-order valence-electron chi connectivity index (χ0n) is 17.4. The van der Waals surface area contributed by atoms with Crippen LogP contribution in [0.3, 0.4) is 0 Å². The van der Waals surface area contributed by atoms with E-state index >= 15 is 0 Å². The maximum atomic E-state index is 3.80. The molecule has 1 aromatic heterocycles. The number of fused-ring (bicyclic) bond motifs is 3. The van der Waals surface area contributed by atoms with Gasteiger partial charge < -0.3 is 4.57 Å². The predicted molar refractivity (Wildman–Crippen MR) is 139 cm³/mol. The Bertz CT molecular complexity index is 1470. The van der Waals surface area contributed by atoms with Crippen molar-refractivity contribution in [2.75, 3.05) is 0 Å². The normalized spacial score (nSPS) is 11.3. The number of halogens is 1. The molecule has 152 valence electrons. The molecular formula is C30H20BrN. The summed E-state index contributed by atoms with van der Waals surface area (Å²) in [6, 6.07) is 43.2. The number of benzene rings is 5. The second kappa shape index (κ2) is 7.81.